The summed E-state index contributed by atoms with van der Waals surface area (Å²) < 4.78 is 10.8. The maximum Gasteiger partial charge on any atom is 0.412 e. The molecule has 2 rings (SSSR count). The minimum atomic E-state index is -0.440. The van der Waals surface area contributed by atoms with Gasteiger partial charge in [0, 0.05) is 13.7 Å². The van der Waals surface area contributed by atoms with Gasteiger partial charge in [-0.1, -0.05) is 6.42 Å². The smallest absolute Gasteiger partial charge is 0.412 e. The Morgan fingerprint density at radius 3 is 2.41 bits per heavy atom. The molecule has 1 heterocycles. The zero-order chi connectivity index (χ0) is 12.7. The number of methoxy groups -OCH3 is 1. The average Bonchev–Trinajstić information content (AvgIpc) is 2.53. The van der Waals surface area contributed by atoms with Crippen LogP contribution in [-0.2, 0) is 9.47 Å². The molecular formula is C13H23NO3. The molecule has 0 aromatic heterocycles. The zero-order valence-electron chi connectivity index (χ0n) is 11.3. The van der Waals surface area contributed by atoms with Gasteiger partial charge >= 0.3 is 6.09 Å². The number of amides is 1. The molecule has 1 aliphatic carbocycles. The third kappa shape index (κ3) is 2.57. The first kappa shape index (κ1) is 12.7. The van der Waals surface area contributed by atoms with Crippen molar-refractivity contribution in [1.82, 2.24) is 4.90 Å². The van der Waals surface area contributed by atoms with Gasteiger partial charge in [0.05, 0.1) is 0 Å². The SMILES string of the molecule is COC1CC2(CCC2)CN1C(=O)OC(C)(C)C. The molecule has 4 nitrogen and oxygen atoms in total. The highest BCUT2D eigenvalue weighted by molar-refractivity contribution is 5.69. The summed E-state index contributed by atoms with van der Waals surface area (Å²) in [6.45, 7) is 6.46. The fourth-order valence-corrected chi connectivity index (χ4v) is 2.76. The van der Waals surface area contributed by atoms with Crippen LogP contribution in [0.5, 0.6) is 0 Å². The van der Waals surface area contributed by atoms with E-state index in [0.717, 1.165) is 13.0 Å². The predicted octanol–water partition coefficient (Wildman–Crippen LogP) is 2.77. The van der Waals surface area contributed by atoms with E-state index in [2.05, 4.69) is 0 Å². The molecule has 1 saturated carbocycles. The Balaban J connectivity index is 2.01. The number of carbonyl (C=O) groups excluding carboxylic acids is 1. The molecule has 1 unspecified atom stereocenters. The third-order valence-corrected chi connectivity index (χ3v) is 3.78. The summed E-state index contributed by atoms with van der Waals surface area (Å²) >= 11 is 0. The Bertz CT molecular complexity index is 304. The lowest BCUT2D eigenvalue weighted by Gasteiger charge is -2.37. The maximum absolute atomic E-state index is 12.1. The Morgan fingerprint density at radius 2 is 2.00 bits per heavy atom. The summed E-state index contributed by atoms with van der Waals surface area (Å²) in [6.07, 6.45) is 4.32. The van der Waals surface area contributed by atoms with Crippen LogP contribution in [-0.4, -0.2) is 36.5 Å². The fraction of sp³-hybridized carbons (Fsp3) is 0.923. The molecule has 0 N–H and O–H groups in total. The molecular weight excluding hydrogens is 218 g/mol. The van der Waals surface area contributed by atoms with Gasteiger partial charge in [-0.2, -0.15) is 0 Å². The Hall–Kier alpha value is -0.770. The maximum atomic E-state index is 12.1. The first-order valence-corrected chi connectivity index (χ1v) is 6.38. The highest BCUT2D eigenvalue weighted by Gasteiger charge is 2.50. The van der Waals surface area contributed by atoms with Gasteiger partial charge in [-0.3, -0.25) is 4.90 Å². The van der Waals surface area contributed by atoms with Crippen LogP contribution in [0.3, 0.4) is 0 Å². The van der Waals surface area contributed by atoms with Gasteiger partial charge in [0.15, 0.2) is 0 Å². The highest BCUT2D eigenvalue weighted by atomic mass is 16.6. The second kappa shape index (κ2) is 4.16. The van der Waals surface area contributed by atoms with Crippen molar-refractivity contribution in [1.29, 1.82) is 0 Å². The van der Waals surface area contributed by atoms with Crippen molar-refractivity contribution in [2.75, 3.05) is 13.7 Å². The van der Waals surface area contributed by atoms with Crippen molar-refractivity contribution < 1.29 is 14.3 Å². The molecule has 1 saturated heterocycles. The lowest BCUT2D eigenvalue weighted by atomic mass is 9.68. The van der Waals surface area contributed by atoms with Gasteiger partial charge < -0.3 is 9.47 Å². The average molecular weight is 241 g/mol. The first-order chi connectivity index (χ1) is 7.85. The van der Waals surface area contributed by atoms with Crippen LogP contribution in [0.25, 0.3) is 0 Å². The second-order valence-corrected chi connectivity index (χ2v) is 6.36. The van der Waals surface area contributed by atoms with Crippen molar-refractivity contribution in [3.8, 4) is 0 Å². The monoisotopic (exact) mass is 241 g/mol. The Kier molecular flexibility index (Phi) is 3.10. The van der Waals surface area contributed by atoms with E-state index in [-0.39, 0.29) is 12.3 Å². The summed E-state index contributed by atoms with van der Waals surface area (Å²) in [6, 6.07) is 0. The van der Waals surface area contributed by atoms with E-state index in [1.165, 1.54) is 19.3 Å². The van der Waals surface area contributed by atoms with Crippen molar-refractivity contribution >= 4 is 6.09 Å². The molecule has 0 radical (unpaired) electrons. The van der Waals surface area contributed by atoms with E-state index < -0.39 is 5.60 Å². The number of rotatable bonds is 1. The predicted molar refractivity (Wildman–Crippen MR) is 64.6 cm³/mol. The van der Waals surface area contributed by atoms with E-state index >= 15 is 0 Å². The lowest BCUT2D eigenvalue weighted by molar-refractivity contribution is -0.0306. The number of likely N-dealkylation sites (tertiary alicyclic amines) is 1. The van der Waals surface area contributed by atoms with Crippen LogP contribution in [0.1, 0.15) is 46.5 Å². The number of nitrogens with zero attached hydrogens (tertiary/aromatic N) is 1. The van der Waals surface area contributed by atoms with E-state index in [1.54, 1.807) is 12.0 Å². The molecule has 0 aromatic carbocycles. The third-order valence-electron chi connectivity index (χ3n) is 3.78. The number of hydrogen-bond donors (Lipinski definition) is 0. The molecule has 1 aliphatic heterocycles. The van der Waals surface area contributed by atoms with Crippen LogP contribution in [0.4, 0.5) is 4.79 Å². The van der Waals surface area contributed by atoms with Crippen LogP contribution < -0.4 is 0 Å². The van der Waals surface area contributed by atoms with Crippen LogP contribution in [0.2, 0.25) is 0 Å². The number of carbonyl (C=O) groups is 1. The topological polar surface area (TPSA) is 38.8 Å². The van der Waals surface area contributed by atoms with E-state index in [9.17, 15) is 4.79 Å². The molecule has 0 bridgehead atoms. The summed E-state index contributed by atoms with van der Waals surface area (Å²) in [5.74, 6) is 0. The van der Waals surface area contributed by atoms with Gasteiger partial charge in [-0.15, -0.1) is 0 Å². The Morgan fingerprint density at radius 1 is 1.35 bits per heavy atom. The summed E-state index contributed by atoms with van der Waals surface area (Å²) in [5.41, 5.74) is -0.123. The minimum Gasteiger partial charge on any atom is -0.444 e. The van der Waals surface area contributed by atoms with Gasteiger partial charge in [0.2, 0.25) is 0 Å². The van der Waals surface area contributed by atoms with Crippen LogP contribution in [0.15, 0.2) is 0 Å². The molecule has 1 atom stereocenters. The van der Waals surface area contributed by atoms with Crippen molar-refractivity contribution in [3.05, 3.63) is 0 Å². The van der Waals surface area contributed by atoms with Crippen molar-refractivity contribution in [2.45, 2.75) is 58.3 Å². The lowest BCUT2D eigenvalue weighted by Crippen LogP contribution is -2.41. The second-order valence-electron chi connectivity index (χ2n) is 6.36. The summed E-state index contributed by atoms with van der Waals surface area (Å²) in [5, 5.41) is 0. The van der Waals surface area contributed by atoms with Crippen molar-refractivity contribution in [3.63, 3.8) is 0 Å². The van der Waals surface area contributed by atoms with Gasteiger partial charge in [0.1, 0.15) is 11.8 Å². The highest BCUT2D eigenvalue weighted by Crippen LogP contribution is 2.50. The fourth-order valence-electron chi connectivity index (χ4n) is 2.76. The molecule has 17 heavy (non-hydrogen) atoms. The molecule has 98 valence electrons. The first-order valence-electron chi connectivity index (χ1n) is 6.38. The number of hydrogen-bond acceptors (Lipinski definition) is 3. The molecule has 1 spiro atoms. The van der Waals surface area contributed by atoms with Gasteiger partial charge in [-0.25, -0.2) is 4.79 Å². The normalized spacial score (nSPS) is 27.1. The van der Waals surface area contributed by atoms with Crippen LogP contribution in [0, 0.1) is 5.41 Å². The molecule has 1 amide bonds. The molecule has 4 heteroatoms. The largest absolute Gasteiger partial charge is 0.444 e. The van der Waals surface area contributed by atoms with Gasteiger partial charge in [0.25, 0.3) is 0 Å². The standard InChI is InChI=1S/C13H23NO3/c1-12(2,3)17-11(15)14-9-13(6-5-7-13)8-10(14)16-4/h10H,5-9H2,1-4H3. The van der Waals surface area contributed by atoms with E-state index in [1.807, 2.05) is 20.8 Å². The van der Waals surface area contributed by atoms with Gasteiger partial charge in [-0.05, 0) is 45.4 Å². The molecule has 0 aromatic rings. The summed E-state index contributed by atoms with van der Waals surface area (Å²) in [4.78, 5) is 13.8. The molecule has 2 aliphatic rings. The van der Waals surface area contributed by atoms with Crippen molar-refractivity contribution in [2.24, 2.45) is 5.41 Å². The van der Waals surface area contributed by atoms with Crippen LogP contribution >= 0.6 is 0 Å². The van der Waals surface area contributed by atoms with E-state index in [4.69, 9.17) is 9.47 Å². The zero-order valence-corrected chi connectivity index (χ0v) is 11.3. The minimum absolute atomic E-state index is 0.106. The quantitative estimate of drug-likeness (QED) is 0.708. The van der Waals surface area contributed by atoms with E-state index in [0.29, 0.717) is 5.41 Å². The summed E-state index contributed by atoms with van der Waals surface area (Å²) in [7, 11) is 1.67. The number of ether oxygens (including phenoxy) is 2. The Labute approximate surface area is 103 Å². The molecule has 2 fully saturated rings.